The lowest BCUT2D eigenvalue weighted by molar-refractivity contribution is 0.0476. The summed E-state index contributed by atoms with van der Waals surface area (Å²) in [7, 11) is 0. The minimum absolute atomic E-state index is 0.00355. The summed E-state index contributed by atoms with van der Waals surface area (Å²) in [5.41, 5.74) is 7.29. The van der Waals surface area contributed by atoms with Crippen LogP contribution < -0.4 is 10.6 Å². The molecule has 0 atom stereocenters. The number of fused-ring (bicyclic) bond motifs is 1. The van der Waals surface area contributed by atoms with Crippen LogP contribution >= 0.6 is 0 Å². The Labute approximate surface area is 74.9 Å². The van der Waals surface area contributed by atoms with E-state index in [0.29, 0.717) is 5.69 Å². The van der Waals surface area contributed by atoms with E-state index >= 15 is 0 Å². The monoisotopic (exact) mass is 181 g/mol. The Morgan fingerprint density at radius 3 is 3.00 bits per heavy atom. The van der Waals surface area contributed by atoms with Gasteiger partial charge in [-0.3, -0.25) is 0 Å². The third kappa shape index (κ3) is 1.23. The van der Waals surface area contributed by atoms with Crippen molar-refractivity contribution < 1.29 is 9.94 Å². The molecule has 5 heteroatoms. The standard InChI is InChI=1S/C8H11N3O2/c9-7-1-3-10-8(7)2-4-11(10)13-6-5-12/h1-4,12H,5-6,9H2. The van der Waals surface area contributed by atoms with Gasteiger partial charge in [-0.25, -0.2) is 4.52 Å². The van der Waals surface area contributed by atoms with Gasteiger partial charge in [-0.1, -0.05) is 0 Å². The van der Waals surface area contributed by atoms with Gasteiger partial charge in [-0.2, -0.15) is 0 Å². The Morgan fingerprint density at radius 1 is 1.38 bits per heavy atom. The smallest absolute Gasteiger partial charge is 0.140 e. The number of rotatable bonds is 3. The summed E-state index contributed by atoms with van der Waals surface area (Å²) in [6.07, 6.45) is 3.56. The van der Waals surface area contributed by atoms with Crippen LogP contribution in [0.25, 0.3) is 5.52 Å². The lowest BCUT2D eigenvalue weighted by Gasteiger charge is -2.05. The van der Waals surface area contributed by atoms with Gasteiger partial charge in [-0.05, 0) is 12.1 Å². The van der Waals surface area contributed by atoms with Crippen LogP contribution in [0.3, 0.4) is 0 Å². The molecule has 0 bridgehead atoms. The highest BCUT2D eigenvalue weighted by atomic mass is 16.7. The van der Waals surface area contributed by atoms with Crippen molar-refractivity contribution in [3.05, 3.63) is 24.5 Å². The van der Waals surface area contributed by atoms with Crippen LogP contribution in [-0.2, 0) is 0 Å². The van der Waals surface area contributed by atoms with Crippen LogP contribution in [0.1, 0.15) is 0 Å². The molecular weight excluding hydrogens is 170 g/mol. The molecule has 0 aromatic carbocycles. The van der Waals surface area contributed by atoms with Crippen LogP contribution in [0.15, 0.2) is 24.5 Å². The molecule has 0 aliphatic heterocycles. The number of aliphatic hydroxyl groups excluding tert-OH is 1. The average molecular weight is 181 g/mol. The molecule has 0 fully saturated rings. The highest BCUT2D eigenvalue weighted by Gasteiger charge is 2.02. The molecule has 2 rings (SSSR count). The van der Waals surface area contributed by atoms with Crippen LogP contribution in [0.5, 0.6) is 0 Å². The van der Waals surface area contributed by atoms with Gasteiger partial charge in [-0.15, -0.1) is 4.85 Å². The molecule has 5 nitrogen and oxygen atoms in total. The highest BCUT2D eigenvalue weighted by molar-refractivity contribution is 5.69. The van der Waals surface area contributed by atoms with Gasteiger partial charge in [0.15, 0.2) is 0 Å². The minimum Gasteiger partial charge on any atom is -0.397 e. The van der Waals surface area contributed by atoms with Crippen molar-refractivity contribution in [1.29, 1.82) is 0 Å². The molecule has 0 aliphatic rings. The topological polar surface area (TPSA) is 64.8 Å². The van der Waals surface area contributed by atoms with Gasteiger partial charge in [0.05, 0.1) is 24.0 Å². The number of anilines is 1. The normalized spacial score (nSPS) is 10.8. The highest BCUT2D eigenvalue weighted by Crippen LogP contribution is 2.14. The van der Waals surface area contributed by atoms with Crippen LogP contribution in [0.2, 0.25) is 0 Å². The molecule has 0 saturated carbocycles. The van der Waals surface area contributed by atoms with E-state index < -0.39 is 0 Å². The third-order valence-corrected chi connectivity index (χ3v) is 1.83. The summed E-state index contributed by atoms with van der Waals surface area (Å²) in [6, 6.07) is 3.65. The maximum Gasteiger partial charge on any atom is 0.140 e. The number of aromatic nitrogens is 2. The molecule has 0 radical (unpaired) electrons. The molecule has 70 valence electrons. The Kier molecular flexibility index (Phi) is 1.86. The Morgan fingerprint density at radius 2 is 2.23 bits per heavy atom. The van der Waals surface area contributed by atoms with E-state index in [9.17, 15) is 0 Å². The van der Waals surface area contributed by atoms with Gasteiger partial charge >= 0.3 is 0 Å². The first-order valence-corrected chi connectivity index (χ1v) is 4.01. The first kappa shape index (κ1) is 8.00. The zero-order chi connectivity index (χ0) is 9.26. The summed E-state index contributed by atoms with van der Waals surface area (Å²) < 4.78 is 1.77. The molecule has 0 spiro atoms. The van der Waals surface area contributed by atoms with Crippen LogP contribution in [0.4, 0.5) is 5.69 Å². The van der Waals surface area contributed by atoms with Crippen molar-refractivity contribution in [2.75, 3.05) is 18.9 Å². The van der Waals surface area contributed by atoms with Crippen molar-refractivity contribution in [3.8, 4) is 0 Å². The van der Waals surface area contributed by atoms with Gasteiger partial charge in [0.25, 0.3) is 0 Å². The molecule has 2 aromatic rings. The maximum absolute atomic E-state index is 8.57. The van der Waals surface area contributed by atoms with Crippen molar-refractivity contribution >= 4 is 11.2 Å². The number of hydrogen-bond acceptors (Lipinski definition) is 3. The molecule has 13 heavy (non-hydrogen) atoms. The quantitative estimate of drug-likeness (QED) is 0.686. The largest absolute Gasteiger partial charge is 0.397 e. The first-order valence-electron chi connectivity index (χ1n) is 4.01. The van der Waals surface area contributed by atoms with Gasteiger partial charge in [0.2, 0.25) is 0 Å². The van der Waals surface area contributed by atoms with Crippen molar-refractivity contribution in [2.24, 2.45) is 0 Å². The van der Waals surface area contributed by atoms with Gasteiger partial charge < -0.3 is 15.7 Å². The Bertz CT molecular complexity index is 404. The Balaban J connectivity index is 2.35. The van der Waals surface area contributed by atoms with Crippen molar-refractivity contribution in [1.82, 2.24) is 9.36 Å². The fraction of sp³-hybridized carbons (Fsp3) is 0.250. The zero-order valence-corrected chi connectivity index (χ0v) is 7.05. The second kappa shape index (κ2) is 3.02. The molecule has 0 unspecified atom stereocenters. The fourth-order valence-corrected chi connectivity index (χ4v) is 1.24. The SMILES string of the molecule is Nc1ccn2c1ccn2OCCO. The predicted molar refractivity (Wildman–Crippen MR) is 48.3 cm³/mol. The summed E-state index contributed by atoms with van der Waals surface area (Å²) in [5, 5.41) is 8.57. The van der Waals surface area contributed by atoms with Crippen molar-refractivity contribution in [3.63, 3.8) is 0 Å². The number of aliphatic hydroxyl groups is 1. The van der Waals surface area contributed by atoms with E-state index in [-0.39, 0.29) is 13.2 Å². The summed E-state index contributed by atoms with van der Waals surface area (Å²) in [5.74, 6) is 0. The molecule has 2 heterocycles. The Hall–Kier alpha value is -1.62. The van der Waals surface area contributed by atoms with E-state index in [1.807, 2.05) is 12.3 Å². The number of nitrogens with zero attached hydrogens (tertiary/aromatic N) is 2. The lowest BCUT2D eigenvalue weighted by atomic mass is 10.4. The third-order valence-electron chi connectivity index (χ3n) is 1.83. The van der Waals surface area contributed by atoms with Crippen LogP contribution in [0, 0.1) is 0 Å². The van der Waals surface area contributed by atoms with Gasteiger partial charge in [0, 0.05) is 6.20 Å². The molecule has 0 amide bonds. The van der Waals surface area contributed by atoms with E-state index in [1.165, 1.54) is 4.85 Å². The van der Waals surface area contributed by atoms with E-state index in [1.54, 1.807) is 16.8 Å². The van der Waals surface area contributed by atoms with E-state index in [0.717, 1.165) is 5.52 Å². The summed E-state index contributed by atoms with van der Waals surface area (Å²) >= 11 is 0. The first-order chi connectivity index (χ1) is 6.33. The lowest BCUT2D eigenvalue weighted by Crippen LogP contribution is -2.18. The average Bonchev–Trinajstić information content (AvgIpc) is 2.67. The van der Waals surface area contributed by atoms with Crippen LogP contribution in [-0.4, -0.2) is 27.7 Å². The fourth-order valence-electron chi connectivity index (χ4n) is 1.24. The number of nitrogens with two attached hydrogens (primary N) is 1. The number of hydrogen-bond donors (Lipinski definition) is 2. The predicted octanol–water partition coefficient (Wildman–Crippen LogP) is -0.256. The molecule has 2 aromatic heterocycles. The molecule has 0 saturated heterocycles. The summed E-state index contributed by atoms with van der Waals surface area (Å²) in [4.78, 5) is 6.73. The minimum atomic E-state index is -0.00355. The molecule has 3 N–H and O–H groups in total. The maximum atomic E-state index is 8.57. The summed E-state index contributed by atoms with van der Waals surface area (Å²) in [6.45, 7) is 0.262. The zero-order valence-electron chi connectivity index (χ0n) is 7.05. The van der Waals surface area contributed by atoms with Crippen molar-refractivity contribution in [2.45, 2.75) is 0 Å². The number of nitrogen functional groups attached to an aromatic ring is 1. The molecule has 0 aliphatic carbocycles. The van der Waals surface area contributed by atoms with Gasteiger partial charge in [0.1, 0.15) is 6.61 Å². The second-order valence-electron chi connectivity index (χ2n) is 2.68. The van der Waals surface area contributed by atoms with E-state index in [2.05, 4.69) is 0 Å². The van der Waals surface area contributed by atoms with E-state index in [4.69, 9.17) is 15.7 Å². The molecular formula is C8H11N3O2. The second-order valence-corrected chi connectivity index (χ2v) is 2.68.